The molecule has 1 aromatic rings. The molecule has 1 rings (SSSR count). The monoisotopic (exact) mass is 617 g/mol. The number of hydrogen-bond donors (Lipinski definition) is 0. The highest BCUT2D eigenvalue weighted by atomic mass is 127. The summed E-state index contributed by atoms with van der Waals surface area (Å²) in [5, 5.41) is 4.89. The number of nitrogens with zero attached hydrogens (tertiary/aromatic N) is 3. The molecule has 0 spiro atoms. The molecule has 0 saturated carbocycles. The van der Waals surface area contributed by atoms with Gasteiger partial charge in [-0.05, 0) is 75.3 Å². The molecule has 0 unspecified atom stereocenters. The molecule has 0 aromatic carbocycles. The van der Waals surface area contributed by atoms with Crippen LogP contribution in [0.25, 0.3) is 0 Å². The summed E-state index contributed by atoms with van der Waals surface area (Å²) < 4.78 is 43.6. The number of rotatable bonds is 13. The molecule has 1 aromatic heterocycles. The van der Waals surface area contributed by atoms with Gasteiger partial charge in [-0.25, -0.2) is 0 Å². The summed E-state index contributed by atoms with van der Waals surface area (Å²) in [6, 6.07) is 0.188. The third-order valence-electron chi connectivity index (χ3n) is 5.80. The van der Waals surface area contributed by atoms with Gasteiger partial charge < -0.3 is 9.16 Å². The maximum Gasteiger partial charge on any atom is 0.264 e. The SMILES string of the molecule is CC(C)Oc1nn(CCO[Si](C)(C)C(C)(C)C)c(CN(C[C@@H](C)OS(C)(=O)=O)C(C)C)c1I. The molecule has 0 radical (unpaired) electrons. The Labute approximate surface area is 216 Å². The van der Waals surface area contributed by atoms with E-state index in [2.05, 4.69) is 75.2 Å². The number of hydrogen-bond acceptors (Lipinski definition) is 7. The van der Waals surface area contributed by atoms with Gasteiger partial charge in [0.15, 0.2) is 8.32 Å². The van der Waals surface area contributed by atoms with Gasteiger partial charge >= 0.3 is 0 Å². The maximum absolute atomic E-state index is 11.6. The van der Waals surface area contributed by atoms with Crippen LogP contribution in [0.4, 0.5) is 0 Å². The van der Waals surface area contributed by atoms with E-state index in [9.17, 15) is 8.42 Å². The van der Waals surface area contributed by atoms with Gasteiger partial charge in [-0.15, -0.1) is 5.10 Å². The Morgan fingerprint density at radius 3 is 2.18 bits per heavy atom. The molecule has 1 atom stereocenters. The van der Waals surface area contributed by atoms with Crippen molar-refractivity contribution in [1.29, 1.82) is 0 Å². The molecule has 33 heavy (non-hydrogen) atoms. The van der Waals surface area contributed by atoms with E-state index in [0.29, 0.717) is 32.1 Å². The Balaban J connectivity index is 3.13. The van der Waals surface area contributed by atoms with Gasteiger partial charge in [-0.1, -0.05) is 20.8 Å². The van der Waals surface area contributed by atoms with E-state index < -0.39 is 24.5 Å². The quantitative estimate of drug-likeness (QED) is 0.178. The van der Waals surface area contributed by atoms with Crippen LogP contribution in [-0.2, 0) is 31.8 Å². The molecule has 0 bridgehead atoms. The summed E-state index contributed by atoms with van der Waals surface area (Å²) in [6.45, 7) is 23.4. The first-order valence-corrected chi connectivity index (χ1v) is 17.3. The molecule has 194 valence electrons. The zero-order valence-corrected chi connectivity index (χ0v) is 26.2. The molecule has 0 fully saturated rings. The van der Waals surface area contributed by atoms with Crippen molar-refractivity contribution in [2.75, 3.05) is 19.4 Å². The van der Waals surface area contributed by atoms with Gasteiger partial charge in [-0.2, -0.15) is 8.42 Å². The van der Waals surface area contributed by atoms with Gasteiger partial charge in [-0.3, -0.25) is 13.8 Å². The second kappa shape index (κ2) is 12.2. The van der Waals surface area contributed by atoms with E-state index in [-0.39, 0.29) is 17.2 Å². The first-order chi connectivity index (χ1) is 14.8. The van der Waals surface area contributed by atoms with Crippen molar-refractivity contribution < 1.29 is 21.8 Å². The van der Waals surface area contributed by atoms with E-state index >= 15 is 0 Å². The normalized spacial score (nSPS) is 14.5. The predicted molar refractivity (Wildman–Crippen MR) is 145 cm³/mol. The fourth-order valence-corrected chi connectivity index (χ4v) is 5.37. The van der Waals surface area contributed by atoms with Crippen LogP contribution in [0.15, 0.2) is 0 Å². The second-order valence-electron chi connectivity index (χ2n) is 10.7. The Morgan fingerprint density at radius 2 is 1.73 bits per heavy atom. The Morgan fingerprint density at radius 1 is 1.15 bits per heavy atom. The van der Waals surface area contributed by atoms with E-state index in [1.807, 2.05) is 18.5 Å². The largest absolute Gasteiger partial charge is 0.473 e. The van der Waals surface area contributed by atoms with Crippen LogP contribution in [0.2, 0.25) is 18.1 Å². The van der Waals surface area contributed by atoms with Crippen LogP contribution >= 0.6 is 22.6 Å². The minimum atomic E-state index is -3.51. The van der Waals surface area contributed by atoms with Crippen LogP contribution in [0.5, 0.6) is 5.88 Å². The molecular weight excluding hydrogens is 573 g/mol. The average Bonchev–Trinajstić information content (AvgIpc) is 2.86. The number of ether oxygens (including phenoxy) is 1. The third kappa shape index (κ3) is 10.1. The van der Waals surface area contributed by atoms with Crippen LogP contribution in [0.1, 0.15) is 61.1 Å². The summed E-state index contributed by atoms with van der Waals surface area (Å²) in [4.78, 5) is 2.19. The average molecular weight is 618 g/mol. The molecule has 0 amide bonds. The first kappa shape index (κ1) is 30.8. The molecule has 0 aliphatic rings. The van der Waals surface area contributed by atoms with Crippen molar-refractivity contribution in [2.24, 2.45) is 0 Å². The highest BCUT2D eigenvalue weighted by Crippen LogP contribution is 2.36. The Kier molecular flexibility index (Phi) is 11.4. The lowest BCUT2D eigenvalue weighted by molar-refractivity contribution is 0.120. The first-order valence-electron chi connectivity index (χ1n) is 11.5. The molecule has 0 aliphatic carbocycles. The van der Waals surface area contributed by atoms with Crippen LogP contribution in [0, 0.1) is 3.57 Å². The number of halogens is 1. The van der Waals surface area contributed by atoms with Gasteiger partial charge in [0.2, 0.25) is 5.88 Å². The van der Waals surface area contributed by atoms with E-state index in [1.54, 1.807) is 6.92 Å². The van der Waals surface area contributed by atoms with Crippen molar-refractivity contribution in [3.8, 4) is 5.88 Å². The molecular formula is C22H44IN3O5SSi. The maximum atomic E-state index is 11.6. The second-order valence-corrected chi connectivity index (χ2v) is 18.2. The highest BCUT2D eigenvalue weighted by molar-refractivity contribution is 14.1. The Bertz CT molecular complexity index is 866. The van der Waals surface area contributed by atoms with Crippen LogP contribution < -0.4 is 4.74 Å². The van der Waals surface area contributed by atoms with Crippen molar-refractivity contribution >= 4 is 41.0 Å². The standard InChI is InChI=1S/C22H44IN3O5SSi/c1-16(2)25(14-18(5)31-32(9,27)28)15-19-20(23)21(30-17(3)4)24-26(19)12-13-29-33(10,11)22(6,7)8/h16-18H,12-15H2,1-11H3/t18-/m1/s1. The molecule has 0 N–H and O–H groups in total. The summed E-state index contributed by atoms with van der Waals surface area (Å²) in [7, 11) is -5.37. The molecule has 0 saturated heterocycles. The summed E-state index contributed by atoms with van der Waals surface area (Å²) in [5.74, 6) is 0.622. The fourth-order valence-electron chi connectivity index (χ4n) is 3.00. The lowest BCUT2D eigenvalue weighted by Crippen LogP contribution is -2.41. The van der Waals surface area contributed by atoms with Crippen LogP contribution in [-0.4, -0.2) is 69.1 Å². The van der Waals surface area contributed by atoms with Crippen molar-refractivity contribution in [3.63, 3.8) is 0 Å². The smallest absolute Gasteiger partial charge is 0.264 e. The lowest BCUT2D eigenvalue weighted by atomic mass is 10.2. The third-order valence-corrected chi connectivity index (χ3v) is 12.1. The zero-order valence-electron chi connectivity index (χ0n) is 22.2. The van der Waals surface area contributed by atoms with Gasteiger partial charge in [0.1, 0.15) is 0 Å². The lowest BCUT2D eigenvalue weighted by Gasteiger charge is -2.36. The predicted octanol–water partition coefficient (Wildman–Crippen LogP) is 4.87. The number of aromatic nitrogens is 2. The Hall–Kier alpha value is -0.213. The van der Waals surface area contributed by atoms with Crippen molar-refractivity contribution in [3.05, 3.63) is 9.26 Å². The molecule has 11 heteroatoms. The van der Waals surface area contributed by atoms with Crippen LogP contribution in [0.3, 0.4) is 0 Å². The topological polar surface area (TPSA) is 82.9 Å². The summed E-state index contributed by atoms with van der Waals surface area (Å²) in [5.41, 5.74) is 1.03. The van der Waals surface area contributed by atoms with Gasteiger partial charge in [0, 0.05) is 19.1 Å². The summed E-state index contributed by atoms with van der Waals surface area (Å²) >= 11 is 2.29. The van der Waals surface area contributed by atoms with E-state index in [4.69, 9.17) is 18.4 Å². The van der Waals surface area contributed by atoms with Crippen molar-refractivity contribution in [1.82, 2.24) is 14.7 Å². The fraction of sp³-hybridized carbons (Fsp3) is 0.864. The summed E-state index contributed by atoms with van der Waals surface area (Å²) in [6.07, 6.45) is 0.645. The highest BCUT2D eigenvalue weighted by Gasteiger charge is 2.37. The minimum absolute atomic E-state index is 0.0163. The molecule has 8 nitrogen and oxygen atoms in total. The van der Waals surface area contributed by atoms with Crippen molar-refractivity contribution in [2.45, 2.75) is 105 Å². The minimum Gasteiger partial charge on any atom is -0.473 e. The molecule has 1 heterocycles. The van der Waals surface area contributed by atoms with Gasteiger partial charge in [0.05, 0.1) is 40.9 Å². The van der Waals surface area contributed by atoms with E-state index in [0.717, 1.165) is 15.5 Å². The van der Waals surface area contributed by atoms with Gasteiger partial charge in [0.25, 0.3) is 10.1 Å². The van der Waals surface area contributed by atoms with E-state index in [1.165, 1.54) is 0 Å². The zero-order chi connectivity index (χ0) is 25.8. The molecule has 0 aliphatic heterocycles.